The summed E-state index contributed by atoms with van der Waals surface area (Å²) >= 11 is 0. The summed E-state index contributed by atoms with van der Waals surface area (Å²) in [6.45, 7) is 2.08. The van der Waals surface area contributed by atoms with Crippen molar-refractivity contribution in [2.24, 2.45) is 5.10 Å². The molecule has 0 atom stereocenters. The van der Waals surface area contributed by atoms with Gasteiger partial charge in [-0.2, -0.15) is 13.5 Å². The fourth-order valence-electron chi connectivity index (χ4n) is 3.43. The largest absolute Gasteiger partial charge is 0.342 e. The lowest BCUT2D eigenvalue weighted by Gasteiger charge is -2.05. The Labute approximate surface area is 186 Å². The molecule has 0 spiro atoms. The van der Waals surface area contributed by atoms with Crippen LogP contribution in [-0.2, 0) is 21.4 Å². The Morgan fingerprint density at radius 1 is 0.969 bits per heavy atom. The van der Waals surface area contributed by atoms with E-state index in [2.05, 4.69) is 31.9 Å². The molecule has 4 rings (SSSR count). The zero-order valence-electron chi connectivity index (χ0n) is 17.4. The maximum Gasteiger partial charge on any atom is 0.276 e. The van der Waals surface area contributed by atoms with Gasteiger partial charge in [0.05, 0.1) is 11.1 Å². The van der Waals surface area contributed by atoms with E-state index in [9.17, 15) is 13.2 Å². The van der Waals surface area contributed by atoms with Crippen molar-refractivity contribution in [3.05, 3.63) is 96.2 Å². The summed E-state index contributed by atoms with van der Waals surface area (Å²) in [5.74, 6) is -0.227. The Bertz CT molecular complexity index is 1380. The molecule has 0 aliphatic heterocycles. The molecule has 4 aromatic rings. The minimum atomic E-state index is -3.84. The van der Waals surface area contributed by atoms with Gasteiger partial charge in [-0.25, -0.2) is 4.83 Å². The summed E-state index contributed by atoms with van der Waals surface area (Å²) in [6, 6.07) is 23.9. The first kappa shape index (κ1) is 21.3. The number of sulfonamides is 1. The number of anilines is 1. The van der Waals surface area contributed by atoms with Crippen molar-refractivity contribution in [2.75, 3.05) is 5.32 Å². The average Bonchev–Trinajstić information content (AvgIpc) is 3.12. The third kappa shape index (κ3) is 4.87. The van der Waals surface area contributed by atoms with E-state index in [0.29, 0.717) is 12.2 Å². The highest BCUT2D eigenvalue weighted by atomic mass is 32.2. The van der Waals surface area contributed by atoms with Gasteiger partial charge in [-0.05, 0) is 35.9 Å². The van der Waals surface area contributed by atoms with Crippen LogP contribution in [-0.4, -0.2) is 25.1 Å². The van der Waals surface area contributed by atoms with Gasteiger partial charge in [-0.15, -0.1) is 0 Å². The number of hydrogen-bond acceptors (Lipinski definition) is 4. The smallest absolute Gasteiger partial charge is 0.276 e. The number of benzene rings is 3. The highest BCUT2D eigenvalue weighted by molar-refractivity contribution is 7.89. The molecule has 0 aliphatic rings. The van der Waals surface area contributed by atoms with E-state index in [1.54, 1.807) is 0 Å². The molecule has 0 saturated carbocycles. The van der Waals surface area contributed by atoms with Crippen LogP contribution in [0.1, 0.15) is 18.1 Å². The lowest BCUT2D eigenvalue weighted by Crippen LogP contribution is -2.18. The molecule has 0 bridgehead atoms. The zero-order chi connectivity index (χ0) is 22.6. The van der Waals surface area contributed by atoms with Gasteiger partial charge < -0.3 is 9.88 Å². The molecule has 3 aromatic carbocycles. The van der Waals surface area contributed by atoms with Crippen LogP contribution in [0.4, 0.5) is 5.69 Å². The summed E-state index contributed by atoms with van der Waals surface area (Å²) in [4.78, 5) is 13.4. The third-order valence-electron chi connectivity index (χ3n) is 4.88. The lowest BCUT2D eigenvalue weighted by molar-refractivity contribution is -0.114. The number of amides is 1. The summed E-state index contributed by atoms with van der Waals surface area (Å²) in [5.41, 5.74) is 3.53. The van der Waals surface area contributed by atoms with Gasteiger partial charge in [0, 0.05) is 41.8 Å². The normalized spacial score (nSPS) is 11.7. The maximum absolute atomic E-state index is 12.5. The van der Waals surface area contributed by atoms with Crippen molar-refractivity contribution in [1.29, 1.82) is 0 Å². The van der Waals surface area contributed by atoms with Crippen LogP contribution in [0.25, 0.3) is 10.9 Å². The van der Waals surface area contributed by atoms with Crippen LogP contribution in [0.3, 0.4) is 0 Å². The predicted octanol–water partition coefficient (Wildman–Crippen LogP) is 3.96. The van der Waals surface area contributed by atoms with Crippen molar-refractivity contribution in [3.8, 4) is 0 Å². The van der Waals surface area contributed by atoms with Gasteiger partial charge in [-0.3, -0.25) is 4.79 Å². The number of aromatic nitrogens is 1. The number of nitrogens with one attached hydrogen (secondary N) is 2. The molecular formula is C24H22N4O3S. The topological polar surface area (TPSA) is 92.6 Å². The molecule has 1 amide bonds. The van der Waals surface area contributed by atoms with Crippen LogP contribution in [0.5, 0.6) is 0 Å². The SMILES string of the molecule is CC(=O)Nc1ccc(S(=O)(=O)N/N=C/c2cn(Cc3ccccc3)c3ccccc23)cc1. The van der Waals surface area contributed by atoms with Gasteiger partial charge in [-0.1, -0.05) is 48.5 Å². The molecular weight excluding hydrogens is 424 g/mol. The van der Waals surface area contributed by atoms with Gasteiger partial charge in [0.1, 0.15) is 0 Å². The van der Waals surface area contributed by atoms with Crippen LogP contribution < -0.4 is 10.1 Å². The Kier molecular flexibility index (Phi) is 6.04. The standard InChI is InChI=1S/C24H22N4O3S/c1-18(29)26-21-11-13-22(14-12-21)32(30,31)27-25-15-20-17-28(16-19-7-3-2-4-8-19)24-10-6-5-9-23(20)24/h2-15,17,27H,16H2,1H3,(H,26,29)/b25-15+. The number of nitrogens with zero attached hydrogens (tertiary/aromatic N) is 2. The Morgan fingerprint density at radius 2 is 1.66 bits per heavy atom. The first-order chi connectivity index (χ1) is 15.4. The highest BCUT2D eigenvalue weighted by Crippen LogP contribution is 2.21. The molecule has 0 fully saturated rings. The number of rotatable bonds is 7. The van der Waals surface area contributed by atoms with E-state index in [1.807, 2.05) is 48.7 Å². The molecule has 32 heavy (non-hydrogen) atoms. The molecule has 2 N–H and O–H groups in total. The molecule has 7 nitrogen and oxygen atoms in total. The number of carbonyl (C=O) groups is 1. The molecule has 0 aliphatic carbocycles. The summed E-state index contributed by atoms with van der Waals surface area (Å²) < 4.78 is 27.2. The van der Waals surface area contributed by atoms with Gasteiger partial charge in [0.2, 0.25) is 5.91 Å². The minimum absolute atomic E-state index is 0.0512. The minimum Gasteiger partial charge on any atom is -0.342 e. The average molecular weight is 447 g/mol. The van der Waals surface area contributed by atoms with Crippen LogP contribution in [0.15, 0.2) is 95.1 Å². The number of para-hydroxylation sites is 1. The molecule has 0 unspecified atom stereocenters. The van der Waals surface area contributed by atoms with Crippen molar-refractivity contribution >= 4 is 38.7 Å². The van der Waals surface area contributed by atoms with E-state index in [-0.39, 0.29) is 10.8 Å². The Balaban J connectivity index is 1.54. The van der Waals surface area contributed by atoms with E-state index in [4.69, 9.17) is 0 Å². The van der Waals surface area contributed by atoms with E-state index in [1.165, 1.54) is 43.0 Å². The Hall–Kier alpha value is -3.91. The fraction of sp³-hybridized carbons (Fsp3) is 0.0833. The molecule has 8 heteroatoms. The summed E-state index contributed by atoms with van der Waals surface area (Å²) in [5, 5.41) is 7.56. The summed E-state index contributed by atoms with van der Waals surface area (Å²) in [7, 11) is -3.84. The second-order valence-electron chi connectivity index (χ2n) is 7.27. The van der Waals surface area contributed by atoms with E-state index >= 15 is 0 Å². The molecule has 0 radical (unpaired) electrons. The zero-order valence-corrected chi connectivity index (χ0v) is 18.2. The number of carbonyl (C=O) groups excluding carboxylic acids is 1. The van der Waals surface area contributed by atoms with Crippen LogP contribution >= 0.6 is 0 Å². The molecule has 0 saturated heterocycles. The second kappa shape index (κ2) is 9.07. The van der Waals surface area contributed by atoms with Crippen molar-refractivity contribution < 1.29 is 13.2 Å². The first-order valence-electron chi connectivity index (χ1n) is 9.97. The predicted molar refractivity (Wildman–Crippen MR) is 126 cm³/mol. The number of fused-ring (bicyclic) bond motifs is 1. The molecule has 1 aromatic heterocycles. The van der Waals surface area contributed by atoms with Gasteiger partial charge in [0.15, 0.2) is 0 Å². The second-order valence-corrected chi connectivity index (χ2v) is 8.93. The molecule has 1 heterocycles. The van der Waals surface area contributed by atoms with Crippen molar-refractivity contribution in [2.45, 2.75) is 18.4 Å². The fourth-order valence-corrected chi connectivity index (χ4v) is 4.22. The number of hydrazone groups is 1. The molecule has 162 valence electrons. The third-order valence-corrected chi connectivity index (χ3v) is 6.12. The highest BCUT2D eigenvalue weighted by Gasteiger charge is 2.13. The monoisotopic (exact) mass is 446 g/mol. The van der Waals surface area contributed by atoms with Gasteiger partial charge >= 0.3 is 0 Å². The lowest BCUT2D eigenvalue weighted by atomic mass is 10.2. The van der Waals surface area contributed by atoms with Crippen LogP contribution in [0, 0.1) is 0 Å². The van der Waals surface area contributed by atoms with E-state index in [0.717, 1.165) is 16.5 Å². The van der Waals surface area contributed by atoms with Gasteiger partial charge in [0.25, 0.3) is 10.0 Å². The van der Waals surface area contributed by atoms with E-state index < -0.39 is 10.0 Å². The quantitative estimate of drug-likeness (QED) is 0.332. The van der Waals surface area contributed by atoms with Crippen molar-refractivity contribution in [1.82, 2.24) is 9.40 Å². The first-order valence-corrected chi connectivity index (χ1v) is 11.4. The van der Waals surface area contributed by atoms with Crippen molar-refractivity contribution in [3.63, 3.8) is 0 Å². The maximum atomic E-state index is 12.5. The number of hydrogen-bond donors (Lipinski definition) is 2. The summed E-state index contributed by atoms with van der Waals surface area (Å²) in [6.07, 6.45) is 3.46. The van der Waals surface area contributed by atoms with Crippen LogP contribution in [0.2, 0.25) is 0 Å². The Morgan fingerprint density at radius 3 is 2.38 bits per heavy atom.